The summed E-state index contributed by atoms with van der Waals surface area (Å²) in [7, 11) is 1.55. The fraction of sp³-hybridized carbons (Fsp3) is 0.346. The van der Waals surface area contributed by atoms with Crippen molar-refractivity contribution in [3.63, 3.8) is 0 Å². The highest BCUT2D eigenvalue weighted by molar-refractivity contribution is 6.40. The van der Waals surface area contributed by atoms with Crippen LogP contribution in [0.3, 0.4) is 0 Å². The number of nitrogens with zero attached hydrogens (tertiary/aromatic N) is 5. The van der Waals surface area contributed by atoms with Crippen LogP contribution < -0.4 is 10.6 Å². The number of hydrogen-bond donors (Lipinski definition) is 4. The average molecular weight is 588 g/mol. The Balaban J connectivity index is 1.34. The number of carboxylic acids is 1. The number of likely N-dealkylation sites (tertiary alicyclic amines) is 1. The highest BCUT2D eigenvalue weighted by Crippen LogP contribution is 2.35. The van der Waals surface area contributed by atoms with Gasteiger partial charge in [0.15, 0.2) is 17.4 Å². The Labute approximate surface area is 239 Å². The Morgan fingerprint density at radius 3 is 2.55 bits per heavy atom. The summed E-state index contributed by atoms with van der Waals surface area (Å²) >= 11 is 13.1. The first-order valence-electron chi connectivity index (χ1n) is 12.7. The minimum atomic E-state index is -1.46. The highest BCUT2D eigenvalue weighted by Gasteiger charge is 2.31. The number of aliphatic carboxylic acids is 1. The number of carbonyl (C=O) groups is 3. The Morgan fingerprint density at radius 1 is 1.12 bits per heavy atom. The summed E-state index contributed by atoms with van der Waals surface area (Å²) in [6.07, 6.45) is 4.05. The fourth-order valence-electron chi connectivity index (χ4n) is 5.01. The van der Waals surface area contributed by atoms with Gasteiger partial charge in [0.25, 0.3) is 11.8 Å². The molecule has 0 radical (unpaired) electrons. The molecule has 14 heteroatoms. The third-order valence-corrected chi connectivity index (χ3v) is 7.73. The lowest BCUT2D eigenvalue weighted by atomic mass is 9.96. The number of benzene rings is 1. The maximum absolute atomic E-state index is 13.2. The van der Waals surface area contributed by atoms with Gasteiger partial charge in [0.05, 0.1) is 15.6 Å². The number of imidazole rings is 1. The molecule has 210 valence electrons. The number of carbonyl (C=O) groups excluding carboxylic acids is 2. The van der Waals surface area contributed by atoms with E-state index in [0.29, 0.717) is 30.1 Å². The predicted molar refractivity (Wildman–Crippen MR) is 148 cm³/mol. The minimum absolute atomic E-state index is 0.0289. The van der Waals surface area contributed by atoms with E-state index in [4.69, 9.17) is 23.2 Å². The molecule has 1 atom stereocenters. The number of aromatic nitrogens is 2. The quantitative estimate of drug-likeness (QED) is 0.202. The molecule has 5 rings (SSSR count). The molecule has 0 aliphatic carbocycles. The molecule has 1 saturated heterocycles. The smallest absolute Gasteiger partial charge is 0.347 e. The first-order chi connectivity index (χ1) is 19.2. The number of aromatic hydroxyl groups is 1. The molecule has 2 aromatic heterocycles. The van der Waals surface area contributed by atoms with Crippen LogP contribution in [0.15, 0.2) is 35.6 Å². The molecule has 3 aromatic rings. The lowest BCUT2D eigenvalue weighted by molar-refractivity contribution is -0.139. The molecule has 2 aliphatic rings. The Bertz CT molecular complexity index is 1530. The number of halogens is 2. The number of hydrogen-bond acceptors (Lipinski definition) is 6. The zero-order valence-electron chi connectivity index (χ0n) is 21.5. The van der Waals surface area contributed by atoms with Crippen LogP contribution in [0.2, 0.25) is 10.0 Å². The molecule has 0 bridgehead atoms. The normalized spacial score (nSPS) is 16.1. The van der Waals surface area contributed by atoms with Crippen molar-refractivity contribution in [2.45, 2.75) is 32.0 Å². The summed E-state index contributed by atoms with van der Waals surface area (Å²) in [5, 5.41) is 25.1. The molecule has 40 heavy (non-hydrogen) atoms. The summed E-state index contributed by atoms with van der Waals surface area (Å²) in [6, 6.07) is 4.70. The van der Waals surface area contributed by atoms with E-state index in [0.717, 1.165) is 25.9 Å². The molecule has 2 aliphatic heterocycles. The zero-order chi connectivity index (χ0) is 28.6. The fourth-order valence-corrected chi connectivity index (χ4v) is 5.78. The van der Waals surface area contributed by atoms with Gasteiger partial charge in [-0.15, -0.1) is 0 Å². The number of aliphatic imine (C=N–C) groups is 1. The van der Waals surface area contributed by atoms with Crippen LogP contribution in [0.5, 0.6) is 5.75 Å². The second kappa shape index (κ2) is 11.2. The number of amides is 2. The number of nitrogens with one attached hydrogen (secondary N) is 2. The molecular weight excluding hydrogens is 561 g/mol. The van der Waals surface area contributed by atoms with Crippen LogP contribution in [-0.4, -0.2) is 86.0 Å². The van der Waals surface area contributed by atoms with Crippen molar-refractivity contribution in [3.8, 4) is 5.75 Å². The summed E-state index contributed by atoms with van der Waals surface area (Å²) in [4.78, 5) is 50.3. The van der Waals surface area contributed by atoms with E-state index in [9.17, 15) is 24.6 Å². The average Bonchev–Trinajstić information content (AvgIpc) is 3.61. The summed E-state index contributed by atoms with van der Waals surface area (Å²) in [5.41, 5.74) is 1.73. The van der Waals surface area contributed by atoms with Crippen molar-refractivity contribution in [1.29, 1.82) is 0 Å². The number of rotatable bonds is 5. The van der Waals surface area contributed by atoms with E-state index < -0.39 is 18.0 Å². The topological polar surface area (TPSA) is 152 Å². The standard InChI is InChI=1S/C26H27Cl2N7O5/c1-29-26(33-7-2-3-8-33)32-21(25(39)40)31-23(37)19-16(27)11-14-12-35(10-6-15(14)20(19)28)24(38)17-13-34-9-4-5-18(36)22(34)30-17/h4-5,9,11,13,21,36H,2-3,6-8,10,12H2,1H3,(H,29,32)(H,31,37)(H,39,40)/t21-/m0/s1. The van der Waals surface area contributed by atoms with Crippen molar-refractivity contribution in [1.82, 2.24) is 29.8 Å². The molecular formula is C26H27Cl2N7O5. The van der Waals surface area contributed by atoms with Gasteiger partial charge < -0.3 is 35.0 Å². The first kappa shape index (κ1) is 27.5. The summed E-state index contributed by atoms with van der Waals surface area (Å²) < 4.78 is 1.57. The minimum Gasteiger partial charge on any atom is -0.504 e. The van der Waals surface area contributed by atoms with Crippen molar-refractivity contribution in [3.05, 3.63) is 63.0 Å². The van der Waals surface area contributed by atoms with Gasteiger partial charge in [-0.2, -0.15) is 0 Å². The van der Waals surface area contributed by atoms with Crippen LogP contribution in [-0.2, 0) is 17.8 Å². The Kier molecular flexibility index (Phi) is 7.72. The van der Waals surface area contributed by atoms with E-state index >= 15 is 0 Å². The van der Waals surface area contributed by atoms with Crippen molar-refractivity contribution >= 4 is 52.6 Å². The van der Waals surface area contributed by atoms with Crippen molar-refractivity contribution in [2.75, 3.05) is 26.7 Å². The van der Waals surface area contributed by atoms with E-state index in [1.54, 1.807) is 40.9 Å². The maximum atomic E-state index is 13.2. The number of carboxylic acid groups (broad SMARTS) is 1. The van der Waals surface area contributed by atoms with Gasteiger partial charge in [-0.25, -0.2) is 9.78 Å². The van der Waals surface area contributed by atoms with Crippen molar-refractivity contribution < 1.29 is 24.6 Å². The molecule has 12 nitrogen and oxygen atoms in total. The van der Waals surface area contributed by atoms with Crippen LogP contribution in [0.4, 0.5) is 0 Å². The monoisotopic (exact) mass is 587 g/mol. The first-order valence-corrected chi connectivity index (χ1v) is 13.4. The van der Waals surface area contributed by atoms with Gasteiger partial charge >= 0.3 is 5.97 Å². The summed E-state index contributed by atoms with van der Waals surface area (Å²) in [6.45, 7) is 1.96. The van der Waals surface area contributed by atoms with Gasteiger partial charge in [0.2, 0.25) is 6.17 Å². The Morgan fingerprint density at radius 2 is 1.88 bits per heavy atom. The number of fused-ring (bicyclic) bond motifs is 2. The van der Waals surface area contributed by atoms with Gasteiger partial charge in [0, 0.05) is 45.6 Å². The van der Waals surface area contributed by atoms with Crippen LogP contribution in [0.1, 0.15) is 44.8 Å². The lowest BCUT2D eigenvalue weighted by Gasteiger charge is -2.30. The van der Waals surface area contributed by atoms with E-state index in [1.165, 1.54) is 6.07 Å². The van der Waals surface area contributed by atoms with Gasteiger partial charge in [-0.3, -0.25) is 14.6 Å². The Hall–Kier alpha value is -4.03. The third-order valence-electron chi connectivity index (χ3n) is 7.01. The molecule has 0 saturated carbocycles. The van der Waals surface area contributed by atoms with E-state index in [-0.39, 0.29) is 45.2 Å². The van der Waals surface area contributed by atoms with Crippen LogP contribution in [0.25, 0.3) is 5.65 Å². The predicted octanol–water partition coefficient (Wildman–Crippen LogP) is 2.36. The molecule has 4 N–H and O–H groups in total. The molecule has 1 aromatic carbocycles. The van der Waals surface area contributed by atoms with Crippen LogP contribution >= 0.6 is 23.2 Å². The largest absolute Gasteiger partial charge is 0.504 e. The van der Waals surface area contributed by atoms with Crippen LogP contribution in [0, 0.1) is 0 Å². The van der Waals surface area contributed by atoms with E-state index in [2.05, 4.69) is 20.6 Å². The number of pyridine rings is 1. The SMILES string of the molecule is CN=C(N[C@H](NC(=O)c1c(Cl)cc2c(c1Cl)CCN(C(=O)c1cn3cccc(O)c3n1)C2)C(=O)O)N1CCCC1. The molecule has 4 heterocycles. The molecule has 1 fully saturated rings. The second-order valence-electron chi connectivity index (χ2n) is 9.54. The summed E-state index contributed by atoms with van der Waals surface area (Å²) in [5.74, 6) is -2.04. The zero-order valence-corrected chi connectivity index (χ0v) is 23.0. The maximum Gasteiger partial charge on any atom is 0.347 e. The lowest BCUT2D eigenvalue weighted by Crippen LogP contribution is -2.56. The molecule has 0 spiro atoms. The van der Waals surface area contributed by atoms with Gasteiger partial charge in [-0.05, 0) is 48.6 Å². The van der Waals surface area contributed by atoms with Crippen molar-refractivity contribution in [2.24, 2.45) is 4.99 Å². The highest BCUT2D eigenvalue weighted by atomic mass is 35.5. The van der Waals surface area contributed by atoms with E-state index in [1.807, 2.05) is 4.90 Å². The molecule has 0 unspecified atom stereocenters. The third kappa shape index (κ3) is 5.24. The number of guanidine groups is 1. The second-order valence-corrected chi connectivity index (χ2v) is 10.3. The molecule has 2 amide bonds. The van der Waals surface area contributed by atoms with Gasteiger partial charge in [-0.1, -0.05) is 23.2 Å². The van der Waals surface area contributed by atoms with Gasteiger partial charge in [0.1, 0.15) is 5.69 Å².